The maximum absolute atomic E-state index is 12.6. The third-order valence-electron chi connectivity index (χ3n) is 3.18. The Morgan fingerprint density at radius 3 is 2.26 bits per heavy atom. The van der Waals surface area contributed by atoms with E-state index in [0.717, 1.165) is 24.8 Å². The molecule has 1 aliphatic heterocycles. The van der Waals surface area contributed by atoms with Crippen LogP contribution in [-0.2, 0) is 6.18 Å². The van der Waals surface area contributed by atoms with Crippen molar-refractivity contribution in [1.82, 2.24) is 5.32 Å². The first-order chi connectivity index (χ1) is 8.77. The maximum Gasteiger partial charge on any atom is 0.417 e. The number of rotatable bonds is 1. The molecule has 0 spiro atoms. The zero-order chi connectivity index (χ0) is 14.2. The molecule has 1 fully saturated rings. The van der Waals surface area contributed by atoms with Crippen LogP contribution >= 0.6 is 11.6 Å². The van der Waals surface area contributed by atoms with Crippen molar-refractivity contribution in [3.05, 3.63) is 28.8 Å². The van der Waals surface area contributed by atoms with E-state index in [-0.39, 0.29) is 5.02 Å². The highest BCUT2D eigenvalue weighted by Crippen LogP contribution is 2.36. The van der Waals surface area contributed by atoms with Crippen molar-refractivity contribution in [3.8, 4) is 0 Å². The molecule has 1 aromatic rings. The number of alkyl halides is 3. The van der Waals surface area contributed by atoms with Gasteiger partial charge in [0.05, 0.1) is 10.6 Å². The van der Waals surface area contributed by atoms with E-state index < -0.39 is 11.7 Å². The second-order valence-electron chi connectivity index (χ2n) is 5.04. The van der Waals surface area contributed by atoms with Crippen LogP contribution in [0.4, 0.5) is 18.9 Å². The van der Waals surface area contributed by atoms with Crippen LogP contribution in [0.5, 0.6) is 0 Å². The highest BCUT2D eigenvalue weighted by atomic mass is 35.5. The smallest absolute Gasteiger partial charge is 0.368 e. The lowest BCUT2D eigenvalue weighted by molar-refractivity contribution is -0.137. The molecule has 0 bridgehead atoms. The van der Waals surface area contributed by atoms with E-state index >= 15 is 0 Å². The Morgan fingerprint density at radius 2 is 1.79 bits per heavy atom. The van der Waals surface area contributed by atoms with Crippen LogP contribution in [0.15, 0.2) is 18.2 Å². The average Bonchev–Trinajstić information content (AvgIpc) is 2.25. The molecule has 1 N–H and O–H groups in total. The molecule has 6 heteroatoms. The van der Waals surface area contributed by atoms with Gasteiger partial charge in [0.1, 0.15) is 0 Å². The topological polar surface area (TPSA) is 15.3 Å². The molecule has 106 valence electrons. The summed E-state index contributed by atoms with van der Waals surface area (Å²) in [7, 11) is 0. The average molecular weight is 293 g/mol. The van der Waals surface area contributed by atoms with Gasteiger partial charge in [-0.1, -0.05) is 11.6 Å². The molecule has 2 unspecified atom stereocenters. The molecule has 2 atom stereocenters. The SMILES string of the molecule is CC1CN(c2ccc(C(F)(F)F)c(Cl)c2)CC(C)N1. The number of benzene rings is 1. The number of nitrogens with one attached hydrogen (secondary N) is 1. The summed E-state index contributed by atoms with van der Waals surface area (Å²) in [5.74, 6) is 0. The van der Waals surface area contributed by atoms with Gasteiger partial charge in [0, 0.05) is 30.9 Å². The van der Waals surface area contributed by atoms with Crippen LogP contribution in [0, 0.1) is 0 Å². The van der Waals surface area contributed by atoms with E-state index in [1.54, 1.807) is 0 Å². The Kier molecular flexibility index (Phi) is 3.97. The lowest BCUT2D eigenvalue weighted by Crippen LogP contribution is -2.54. The standard InChI is InChI=1S/C13H16ClF3N2/c1-8-6-19(7-9(2)18-8)10-3-4-11(12(14)5-10)13(15,16)17/h3-5,8-9,18H,6-7H2,1-2H3. The van der Waals surface area contributed by atoms with Gasteiger partial charge in [-0.05, 0) is 32.0 Å². The number of hydrogen-bond acceptors (Lipinski definition) is 2. The van der Waals surface area contributed by atoms with Crippen LogP contribution in [0.3, 0.4) is 0 Å². The lowest BCUT2D eigenvalue weighted by atomic mass is 10.1. The molecule has 1 aliphatic rings. The molecule has 1 saturated heterocycles. The normalized spacial score (nSPS) is 24.6. The summed E-state index contributed by atoms with van der Waals surface area (Å²) >= 11 is 5.74. The van der Waals surface area contributed by atoms with E-state index in [1.165, 1.54) is 12.1 Å². The van der Waals surface area contributed by atoms with Crippen molar-refractivity contribution in [3.63, 3.8) is 0 Å². The third kappa shape index (κ3) is 3.34. The Hall–Kier alpha value is -0.940. The van der Waals surface area contributed by atoms with Crippen LogP contribution in [0.1, 0.15) is 19.4 Å². The van der Waals surface area contributed by atoms with Gasteiger partial charge in [0.15, 0.2) is 0 Å². The first-order valence-corrected chi connectivity index (χ1v) is 6.53. The molecule has 0 radical (unpaired) electrons. The number of nitrogens with zero attached hydrogens (tertiary/aromatic N) is 1. The van der Waals surface area contributed by atoms with Gasteiger partial charge in [0.25, 0.3) is 0 Å². The van der Waals surface area contributed by atoms with Gasteiger partial charge < -0.3 is 10.2 Å². The molecule has 0 saturated carbocycles. The van der Waals surface area contributed by atoms with Crippen molar-refractivity contribution in [2.24, 2.45) is 0 Å². The zero-order valence-electron chi connectivity index (χ0n) is 10.8. The molecule has 1 aromatic carbocycles. The second kappa shape index (κ2) is 5.21. The minimum absolute atomic E-state index is 0.246. The monoisotopic (exact) mass is 292 g/mol. The molecule has 0 aromatic heterocycles. The van der Waals surface area contributed by atoms with Gasteiger partial charge in [-0.25, -0.2) is 0 Å². The molecule has 2 nitrogen and oxygen atoms in total. The Bertz CT molecular complexity index is 452. The van der Waals surface area contributed by atoms with E-state index in [4.69, 9.17) is 11.6 Å². The first-order valence-electron chi connectivity index (χ1n) is 6.15. The summed E-state index contributed by atoms with van der Waals surface area (Å²) in [5.41, 5.74) is -0.0488. The minimum atomic E-state index is -4.40. The van der Waals surface area contributed by atoms with Crippen molar-refractivity contribution < 1.29 is 13.2 Å². The molecule has 2 rings (SSSR count). The van der Waals surface area contributed by atoms with Gasteiger partial charge in [-0.2, -0.15) is 13.2 Å². The van der Waals surface area contributed by atoms with Gasteiger partial charge in [-0.15, -0.1) is 0 Å². The van der Waals surface area contributed by atoms with Crippen molar-refractivity contribution in [2.75, 3.05) is 18.0 Å². The molecular weight excluding hydrogens is 277 g/mol. The summed E-state index contributed by atoms with van der Waals surface area (Å²) in [6, 6.07) is 4.53. The van der Waals surface area contributed by atoms with Crippen molar-refractivity contribution in [1.29, 1.82) is 0 Å². The van der Waals surface area contributed by atoms with Crippen LogP contribution < -0.4 is 10.2 Å². The zero-order valence-corrected chi connectivity index (χ0v) is 11.5. The Morgan fingerprint density at radius 1 is 1.21 bits per heavy atom. The largest absolute Gasteiger partial charge is 0.417 e. The number of piperazine rings is 1. The van der Waals surface area contributed by atoms with E-state index in [2.05, 4.69) is 10.2 Å². The summed E-state index contributed by atoms with van der Waals surface area (Å²) in [6.45, 7) is 5.61. The van der Waals surface area contributed by atoms with Crippen molar-refractivity contribution in [2.45, 2.75) is 32.1 Å². The highest BCUT2D eigenvalue weighted by molar-refractivity contribution is 6.31. The minimum Gasteiger partial charge on any atom is -0.368 e. The predicted octanol–water partition coefficient (Wildman–Crippen LogP) is 3.55. The maximum atomic E-state index is 12.6. The van der Waals surface area contributed by atoms with E-state index in [1.807, 2.05) is 13.8 Å². The predicted molar refractivity (Wildman–Crippen MR) is 70.7 cm³/mol. The molecule has 0 amide bonds. The molecule has 19 heavy (non-hydrogen) atoms. The van der Waals surface area contributed by atoms with Crippen LogP contribution in [0.25, 0.3) is 0 Å². The third-order valence-corrected chi connectivity index (χ3v) is 3.49. The Balaban J connectivity index is 2.25. The second-order valence-corrected chi connectivity index (χ2v) is 5.44. The fourth-order valence-corrected chi connectivity index (χ4v) is 2.75. The summed E-state index contributed by atoms with van der Waals surface area (Å²) < 4.78 is 37.9. The van der Waals surface area contributed by atoms with Gasteiger partial charge in [0.2, 0.25) is 0 Å². The van der Waals surface area contributed by atoms with E-state index in [9.17, 15) is 13.2 Å². The van der Waals surface area contributed by atoms with Crippen LogP contribution in [-0.4, -0.2) is 25.2 Å². The molecular formula is C13H16ClF3N2. The quantitative estimate of drug-likeness (QED) is 0.851. The van der Waals surface area contributed by atoms with Crippen LogP contribution in [0.2, 0.25) is 5.02 Å². The summed E-state index contributed by atoms with van der Waals surface area (Å²) in [5, 5.41) is 3.13. The van der Waals surface area contributed by atoms with Crippen molar-refractivity contribution >= 4 is 17.3 Å². The Labute approximate surface area is 115 Å². The summed E-state index contributed by atoms with van der Waals surface area (Å²) in [6.07, 6.45) is -4.40. The number of hydrogen-bond donors (Lipinski definition) is 1. The molecule has 1 heterocycles. The number of halogens is 4. The summed E-state index contributed by atoms with van der Waals surface area (Å²) in [4.78, 5) is 2.05. The number of anilines is 1. The first kappa shape index (κ1) is 14.5. The highest BCUT2D eigenvalue weighted by Gasteiger charge is 2.33. The van der Waals surface area contributed by atoms with E-state index in [0.29, 0.717) is 12.1 Å². The van der Waals surface area contributed by atoms with Gasteiger partial charge in [-0.3, -0.25) is 0 Å². The molecule has 0 aliphatic carbocycles. The lowest BCUT2D eigenvalue weighted by Gasteiger charge is -2.37. The fourth-order valence-electron chi connectivity index (χ4n) is 2.47. The fraction of sp³-hybridized carbons (Fsp3) is 0.538. The van der Waals surface area contributed by atoms with Gasteiger partial charge >= 0.3 is 6.18 Å².